The molecule has 0 unspecified atom stereocenters. The van der Waals surface area contributed by atoms with Crippen LogP contribution in [0.1, 0.15) is 15.9 Å². The lowest BCUT2D eigenvalue weighted by molar-refractivity contribution is -0.123. The molecule has 8 heteroatoms. The van der Waals surface area contributed by atoms with Crippen molar-refractivity contribution in [1.82, 2.24) is 10.6 Å². The summed E-state index contributed by atoms with van der Waals surface area (Å²) in [7, 11) is 1.45. The van der Waals surface area contributed by atoms with Crippen LogP contribution < -0.4 is 20.1 Å². The van der Waals surface area contributed by atoms with Crippen LogP contribution in [0.3, 0.4) is 0 Å². The van der Waals surface area contributed by atoms with Crippen LogP contribution in [0.5, 0.6) is 11.5 Å². The number of fused-ring (bicyclic) bond motifs is 1. The number of rotatable bonds is 4. The Bertz CT molecular complexity index is 1250. The molecule has 3 aromatic rings. The predicted molar refractivity (Wildman–Crippen MR) is 119 cm³/mol. The maximum absolute atomic E-state index is 12.9. The Hall–Kier alpha value is -4.04. The number of esters is 1. The molecule has 154 valence electrons. The Balaban J connectivity index is 1.68. The van der Waals surface area contributed by atoms with Crippen LogP contribution in [0.15, 0.2) is 66.2 Å². The van der Waals surface area contributed by atoms with E-state index in [-0.39, 0.29) is 16.4 Å². The highest BCUT2D eigenvalue weighted by atomic mass is 32.1. The fourth-order valence-electron chi connectivity index (χ4n) is 3.19. The summed E-state index contributed by atoms with van der Waals surface area (Å²) in [4.78, 5) is 37.1. The molecule has 7 nitrogen and oxygen atoms in total. The Labute approximate surface area is 182 Å². The van der Waals surface area contributed by atoms with Gasteiger partial charge in [-0.3, -0.25) is 20.2 Å². The molecule has 2 N–H and O–H groups in total. The summed E-state index contributed by atoms with van der Waals surface area (Å²) in [5.41, 5.74) is 0.753. The molecule has 0 aromatic heterocycles. The first-order chi connectivity index (χ1) is 15.0. The van der Waals surface area contributed by atoms with E-state index in [2.05, 4.69) is 10.6 Å². The normalized spacial score (nSPS) is 13.5. The van der Waals surface area contributed by atoms with Crippen LogP contribution in [-0.2, 0) is 9.59 Å². The van der Waals surface area contributed by atoms with Crippen molar-refractivity contribution in [2.45, 2.75) is 0 Å². The molecule has 0 saturated carbocycles. The van der Waals surface area contributed by atoms with Crippen molar-refractivity contribution in [1.29, 1.82) is 0 Å². The van der Waals surface area contributed by atoms with Crippen molar-refractivity contribution in [2.75, 3.05) is 7.11 Å². The number of amides is 2. The first kappa shape index (κ1) is 20.2. The van der Waals surface area contributed by atoms with Crippen molar-refractivity contribution < 1.29 is 23.9 Å². The zero-order valence-corrected chi connectivity index (χ0v) is 17.1. The van der Waals surface area contributed by atoms with Gasteiger partial charge in [-0.25, -0.2) is 4.79 Å². The van der Waals surface area contributed by atoms with E-state index in [0.717, 1.165) is 10.8 Å². The van der Waals surface area contributed by atoms with Crippen LogP contribution in [0.2, 0.25) is 0 Å². The number of benzene rings is 3. The van der Waals surface area contributed by atoms with Crippen molar-refractivity contribution >= 4 is 52.0 Å². The second-order valence-corrected chi connectivity index (χ2v) is 7.03. The molecular formula is C23H16N2O5S. The number of hydrogen-bond acceptors (Lipinski definition) is 6. The van der Waals surface area contributed by atoms with Gasteiger partial charge in [0, 0.05) is 0 Å². The smallest absolute Gasteiger partial charge is 0.344 e. The molecule has 4 rings (SSSR count). The maximum Gasteiger partial charge on any atom is 0.344 e. The second kappa shape index (κ2) is 8.37. The molecule has 1 aliphatic rings. The SMILES string of the molecule is COc1ccc(C=C2C(=O)NC(=S)NC2=O)cc1OC(=O)c1cccc2ccccc12. The van der Waals surface area contributed by atoms with Gasteiger partial charge >= 0.3 is 5.97 Å². The van der Waals surface area contributed by atoms with Crippen LogP contribution >= 0.6 is 12.2 Å². The third-order valence-electron chi connectivity index (χ3n) is 4.65. The fourth-order valence-corrected chi connectivity index (χ4v) is 3.38. The lowest BCUT2D eigenvalue weighted by atomic mass is 10.0. The van der Waals surface area contributed by atoms with E-state index < -0.39 is 17.8 Å². The summed E-state index contributed by atoms with van der Waals surface area (Å²) in [5.74, 6) is -1.30. The largest absolute Gasteiger partial charge is 0.493 e. The number of ether oxygens (including phenoxy) is 2. The van der Waals surface area contributed by atoms with Gasteiger partial charge in [-0.15, -0.1) is 0 Å². The molecule has 1 aliphatic heterocycles. The van der Waals surface area contributed by atoms with E-state index in [0.29, 0.717) is 16.9 Å². The van der Waals surface area contributed by atoms with Gasteiger partial charge < -0.3 is 9.47 Å². The third-order valence-corrected chi connectivity index (χ3v) is 4.86. The van der Waals surface area contributed by atoms with Crippen LogP contribution in [0, 0.1) is 0 Å². The summed E-state index contributed by atoms with van der Waals surface area (Å²) in [6.45, 7) is 0. The zero-order chi connectivity index (χ0) is 22.0. The quantitative estimate of drug-likeness (QED) is 0.216. The monoisotopic (exact) mass is 432 g/mol. The number of nitrogens with one attached hydrogen (secondary N) is 2. The Morgan fingerprint density at radius 3 is 2.39 bits per heavy atom. The number of methoxy groups -OCH3 is 1. The van der Waals surface area contributed by atoms with E-state index in [9.17, 15) is 14.4 Å². The van der Waals surface area contributed by atoms with Gasteiger partial charge in [-0.05, 0) is 52.8 Å². The molecule has 3 aromatic carbocycles. The second-order valence-electron chi connectivity index (χ2n) is 6.62. The average molecular weight is 432 g/mol. The maximum atomic E-state index is 12.9. The third kappa shape index (κ3) is 4.15. The first-order valence-electron chi connectivity index (χ1n) is 9.22. The van der Waals surface area contributed by atoms with Crippen LogP contribution in [0.4, 0.5) is 0 Å². The molecule has 2 amide bonds. The Morgan fingerprint density at radius 2 is 1.65 bits per heavy atom. The van der Waals surface area contributed by atoms with Crippen molar-refractivity contribution in [3.05, 3.63) is 77.4 Å². The molecular weight excluding hydrogens is 416 g/mol. The summed E-state index contributed by atoms with van der Waals surface area (Å²) < 4.78 is 10.9. The predicted octanol–water partition coefficient (Wildman–Crippen LogP) is 2.98. The zero-order valence-electron chi connectivity index (χ0n) is 16.3. The van der Waals surface area contributed by atoms with Gasteiger partial charge in [0.25, 0.3) is 11.8 Å². The minimum absolute atomic E-state index is 0.0495. The molecule has 0 atom stereocenters. The van der Waals surface area contributed by atoms with Crippen molar-refractivity contribution in [3.8, 4) is 11.5 Å². The van der Waals surface area contributed by atoms with Crippen LogP contribution in [-0.4, -0.2) is 30.0 Å². The highest BCUT2D eigenvalue weighted by Crippen LogP contribution is 2.30. The number of carbonyl (C=O) groups excluding carboxylic acids is 3. The molecule has 0 bridgehead atoms. The Morgan fingerprint density at radius 1 is 0.935 bits per heavy atom. The number of thiocarbonyl (C=S) groups is 1. The van der Waals surface area contributed by atoms with Gasteiger partial charge in [0.15, 0.2) is 16.6 Å². The fraction of sp³-hybridized carbons (Fsp3) is 0.0435. The van der Waals surface area contributed by atoms with Gasteiger partial charge in [0.2, 0.25) is 0 Å². The molecule has 0 aliphatic carbocycles. The summed E-state index contributed by atoms with van der Waals surface area (Å²) in [5, 5.41) is 6.37. The van der Waals surface area contributed by atoms with Gasteiger partial charge in [0.05, 0.1) is 12.7 Å². The Kier molecular flexibility index (Phi) is 5.46. The molecule has 1 saturated heterocycles. The number of carbonyl (C=O) groups is 3. The lowest BCUT2D eigenvalue weighted by Crippen LogP contribution is -2.51. The lowest BCUT2D eigenvalue weighted by Gasteiger charge is -2.16. The summed E-state index contributed by atoms with van der Waals surface area (Å²) >= 11 is 4.79. The van der Waals surface area contributed by atoms with Gasteiger partial charge in [-0.1, -0.05) is 42.5 Å². The van der Waals surface area contributed by atoms with Crippen LogP contribution in [0.25, 0.3) is 16.8 Å². The standard InChI is InChI=1S/C23H16N2O5S/c1-29-18-10-9-13(11-17-20(26)24-23(31)25-21(17)27)12-19(18)30-22(28)16-8-4-6-14-5-2-3-7-15(14)16/h2-12H,1H3,(H2,24,25,26,27,31). The van der Waals surface area contributed by atoms with E-state index in [4.69, 9.17) is 21.7 Å². The van der Waals surface area contributed by atoms with E-state index in [1.54, 1.807) is 24.3 Å². The van der Waals surface area contributed by atoms with E-state index in [1.165, 1.54) is 19.3 Å². The minimum atomic E-state index is -0.612. The van der Waals surface area contributed by atoms with E-state index >= 15 is 0 Å². The molecule has 1 heterocycles. The van der Waals surface area contributed by atoms with Crippen molar-refractivity contribution in [3.63, 3.8) is 0 Å². The molecule has 31 heavy (non-hydrogen) atoms. The highest BCUT2D eigenvalue weighted by Gasteiger charge is 2.26. The van der Waals surface area contributed by atoms with Gasteiger partial charge in [0.1, 0.15) is 5.57 Å². The topological polar surface area (TPSA) is 93.7 Å². The van der Waals surface area contributed by atoms with Crippen molar-refractivity contribution in [2.24, 2.45) is 0 Å². The van der Waals surface area contributed by atoms with Gasteiger partial charge in [-0.2, -0.15) is 0 Å². The molecule has 1 fully saturated rings. The average Bonchev–Trinajstić information content (AvgIpc) is 2.76. The van der Waals surface area contributed by atoms with E-state index in [1.807, 2.05) is 30.3 Å². The highest BCUT2D eigenvalue weighted by molar-refractivity contribution is 7.80. The summed E-state index contributed by atoms with van der Waals surface area (Å²) in [6.07, 6.45) is 1.38. The first-order valence-corrected chi connectivity index (χ1v) is 9.63. The summed E-state index contributed by atoms with van der Waals surface area (Å²) in [6, 6.07) is 17.6. The molecule has 0 spiro atoms. The minimum Gasteiger partial charge on any atom is -0.493 e. The number of hydrogen-bond donors (Lipinski definition) is 2. The molecule has 0 radical (unpaired) electrons.